The van der Waals surface area contributed by atoms with Gasteiger partial charge in [0.15, 0.2) is 26.0 Å². The molecule has 0 saturated carbocycles. The van der Waals surface area contributed by atoms with E-state index in [2.05, 4.69) is 141 Å². The van der Waals surface area contributed by atoms with Crippen LogP contribution in [0.25, 0.3) is 4.78 Å². The zero-order valence-electron chi connectivity index (χ0n) is 70.1. The molecule has 92 heavy (non-hydrogen) atoms. The molecule has 35 heteroatoms. The molecule has 0 atom stereocenters. The van der Waals surface area contributed by atoms with Gasteiger partial charge in [-0.05, 0) is 185 Å². The third kappa shape index (κ3) is 1590. The molecular weight excluding hydrogens is 1680 g/mol. The van der Waals surface area contributed by atoms with Crippen LogP contribution in [0.5, 0.6) is 0 Å². The Morgan fingerprint density at radius 3 is 0.750 bits per heavy atom. The summed E-state index contributed by atoms with van der Waals surface area (Å²) in [6.07, 6.45) is 22.0. The van der Waals surface area contributed by atoms with Gasteiger partial charge in [0.2, 0.25) is 0 Å². The fourth-order valence-corrected chi connectivity index (χ4v) is 0. The van der Waals surface area contributed by atoms with Gasteiger partial charge in [-0.25, -0.2) is 42.9 Å². The summed E-state index contributed by atoms with van der Waals surface area (Å²) < 4.78 is 75.6. The summed E-state index contributed by atoms with van der Waals surface area (Å²) in [7, 11) is 19.5. The van der Waals surface area contributed by atoms with E-state index < -0.39 is 53.2 Å². The molecule has 0 unspecified atom stereocenters. The summed E-state index contributed by atoms with van der Waals surface area (Å²) >= 11 is 6.69. The molecule has 0 spiro atoms. The van der Waals surface area contributed by atoms with Crippen molar-refractivity contribution in [1.29, 1.82) is 0 Å². The summed E-state index contributed by atoms with van der Waals surface area (Å²) in [4.78, 5) is 11.6. The number of thioether (sulfide) groups is 1. The number of hydrogen-bond acceptors (Lipinski definition) is 17. The van der Waals surface area contributed by atoms with Crippen LogP contribution in [0.3, 0.4) is 0 Å². The van der Waals surface area contributed by atoms with E-state index in [4.69, 9.17) is 27.0 Å². The van der Waals surface area contributed by atoms with Gasteiger partial charge in [-0.2, -0.15) is 11.8 Å². The van der Waals surface area contributed by atoms with Gasteiger partial charge in [0, 0.05) is 291 Å². The number of ether oxygens (including phenoxy) is 1. The quantitative estimate of drug-likeness (QED) is 0.0576. The van der Waals surface area contributed by atoms with Gasteiger partial charge in [-0.15, -0.1) is 25.3 Å². The molecule has 0 amide bonds. The first kappa shape index (κ1) is 168. The van der Waals surface area contributed by atoms with Crippen LogP contribution >= 0.6 is 40.8 Å². The fourth-order valence-electron chi connectivity index (χ4n) is 0. The van der Waals surface area contributed by atoms with Crippen LogP contribution in [0.15, 0.2) is 23.1 Å². The van der Waals surface area contributed by atoms with Gasteiger partial charge in [0.25, 0.3) is 0 Å². The fraction of sp³-hybridized carbons (Fsp3) is 0.930. The molecule has 0 aromatic carbocycles. The average molecular weight is 1840 g/mol. The molecule has 0 aliphatic rings. The topological polar surface area (TPSA) is 232 Å². The molecule has 0 saturated heterocycles. The Labute approximate surface area is 702 Å². The monoisotopic (exact) mass is 1840 g/mol. The number of methoxy groups -OCH3 is 1. The van der Waals surface area contributed by atoms with E-state index >= 15 is 0 Å². The molecule has 5 radical (unpaired) electrons. The Morgan fingerprint density at radius 2 is 0.750 bits per heavy atom. The maximum Gasteiger partial charge on any atom is 0.197 e. The van der Waals surface area contributed by atoms with Crippen LogP contribution in [0.1, 0.15) is 55.9 Å². The second-order valence-corrected chi connectivity index (χ2v) is 52.4. The number of hydroxylamine groups is 2. The minimum absolute atomic E-state index is 0. The predicted molar refractivity (Wildman–Crippen MR) is 454 cm³/mol. The number of aliphatic imine (C=N–C) groups is 2. The van der Waals surface area contributed by atoms with Crippen LogP contribution in [-0.4, -0.2) is 344 Å². The van der Waals surface area contributed by atoms with Crippen LogP contribution in [0, 0.1) is 0 Å². The van der Waals surface area contributed by atoms with Crippen LogP contribution in [0.2, 0.25) is 40.9 Å². The van der Waals surface area contributed by atoms with Crippen molar-refractivity contribution >= 4 is 140 Å². The molecule has 569 valence electrons. The molecule has 0 bridgehead atoms. The van der Waals surface area contributed by atoms with Gasteiger partial charge >= 0.3 is 0 Å². The molecule has 2 N–H and O–H groups in total. The molecule has 0 aromatic rings. The van der Waals surface area contributed by atoms with E-state index in [0.29, 0.717) is 18.6 Å². The molecule has 0 aliphatic carbocycles. The summed E-state index contributed by atoms with van der Waals surface area (Å²) in [5.74, 6) is 0. The molecule has 18 nitrogen and oxygen atoms in total. The minimum atomic E-state index is -2.67. The molecule has 0 rings (SSSR count). The molecule has 0 fully saturated rings. The normalized spacial score (nSPS) is 8.79. The van der Waals surface area contributed by atoms with Crippen molar-refractivity contribution in [3.8, 4) is 0 Å². The largest absolute Gasteiger partial charge is 0.769 e. The van der Waals surface area contributed by atoms with E-state index in [1.54, 1.807) is 139 Å². The van der Waals surface area contributed by atoms with Crippen molar-refractivity contribution < 1.29 is 177 Å². The maximum atomic E-state index is 10.4. The van der Waals surface area contributed by atoms with Crippen molar-refractivity contribution in [2.75, 3.05) is 261 Å². The first-order chi connectivity index (χ1) is 37.8. The maximum absolute atomic E-state index is 10.4. The van der Waals surface area contributed by atoms with Crippen molar-refractivity contribution in [3.63, 3.8) is 0 Å². The first-order valence-electron chi connectivity index (χ1n) is 27.2. The third-order valence-corrected chi connectivity index (χ3v) is 5.67. The average Bonchev–Trinajstić information content (AvgIpc) is 3.22. The molecule has 0 aromatic heterocycles. The smallest absolute Gasteiger partial charge is 0.197 e. The number of sulfone groups is 1. The molecule has 0 heterocycles. The van der Waals surface area contributed by atoms with Crippen molar-refractivity contribution in [2.24, 2.45) is 23.1 Å². The van der Waals surface area contributed by atoms with Crippen LogP contribution < -0.4 is 0 Å². The predicted octanol–water partition coefficient (Wildman–Crippen LogP) is 14.5. The van der Waals surface area contributed by atoms with Crippen molar-refractivity contribution in [1.82, 2.24) is 9.80 Å². The number of nitrogens with zero attached hydrogens (tertiary/aromatic N) is 10. The van der Waals surface area contributed by atoms with E-state index in [9.17, 15) is 21.4 Å². The third-order valence-electron chi connectivity index (χ3n) is 3.17. The second-order valence-electron chi connectivity index (χ2n) is 23.8. The Morgan fingerprint density at radius 1 is 0.685 bits per heavy atom. The first-order valence-corrected chi connectivity index (χ1v) is 52.7. The summed E-state index contributed by atoms with van der Waals surface area (Å²) in [5.41, 5.74) is 3.16. The van der Waals surface area contributed by atoms with Gasteiger partial charge < -0.3 is 23.9 Å². The Balaban J connectivity index is -0.0000000241. The standard InChI is InChI=1S/C4H10NO.2C4H9N.2C3H9B.C3H9N2S.C3H9NOS.C3H8NO.C3H9NS.2C3H9N.C3H9OP.C3H9PS.2C3H9P.C2H6O2S.C2H6OS.C2H6O.C2H6S.CH4.4Y/c1-4(2)5(3)6;2*1-4(2)5-3;2*1-4(2)3;1-5-6(2,3)4;1-4-6(2,3)5;1-3-4(2)5;1-4-5(2)3;2*1-4(2)3;1-5(2,3)4;1-4(2,3)5;2*1-4(2)3;1-5(2,3)4;1-4(2)3;2*1-3-2;;;;;/h6H,1-3H3;2*1-3H3;2*1-3H3;2*1-3H3;3,5H,1-2H3;1-3H3;2*1-3H3;2*1-3H3;2*1-3H3;1-2H3;1-2H3;2*1-2H3;1H4;;;;/q+1;;;;2*-1;;+1;;;;;;;;;;;;;;;;/p+1/b;;;;;;;4-3-;;;;;;;;;;;;;;;;. The Hall–Kier alpha value is 4.95. The van der Waals surface area contributed by atoms with Crippen molar-refractivity contribution in [2.45, 2.75) is 96.8 Å². The Kier molecular flexibility index (Phi) is 235. The van der Waals surface area contributed by atoms with E-state index in [1.807, 2.05) is 113 Å². The van der Waals surface area contributed by atoms with Crippen molar-refractivity contribution in [3.05, 3.63) is 4.78 Å². The van der Waals surface area contributed by atoms with Gasteiger partial charge in [-0.1, -0.05) is 45.7 Å². The molecule has 0 aliphatic heterocycles. The van der Waals surface area contributed by atoms with Crippen LogP contribution in [-0.2, 0) is 203 Å². The van der Waals surface area contributed by atoms with Crippen LogP contribution in [0.4, 0.5) is 0 Å². The summed E-state index contributed by atoms with van der Waals surface area (Å²) in [6, 6.07) is -0.806. The van der Waals surface area contributed by atoms with E-state index in [-0.39, 0.29) is 146 Å². The Bertz CT molecular complexity index is 1740. The SMILES string of the molecule is C.C/C=[N+](/C)O.CB(C)C.CC(C)=[N+](C)O.CN(C)C.CN(C)C.CN=C(C)C.CN=C(C)C.CN=S(C)(C)=O.CN=S(C)(C)=[N-].CN=S(C)C.COC.CP(C)(C)=O.CP(C)(C)=S.CP(C)C.CS(C)(=O)=O.CS(C)=O.CSC.C[B-](C)C.C[PH+](C)C.[Y].[Y].[Y].[Y]. The van der Waals surface area contributed by atoms with Gasteiger partial charge in [0.1, 0.15) is 16.6 Å². The zero-order chi connectivity index (χ0) is 76.7. The minimum Gasteiger partial charge on any atom is -0.769 e. The molecular formula is C57H164B2N10O8P4S7Y4+. The van der Waals surface area contributed by atoms with E-state index in [0.717, 1.165) is 52.5 Å². The van der Waals surface area contributed by atoms with E-state index in [1.165, 1.54) is 0 Å². The van der Waals surface area contributed by atoms with Gasteiger partial charge in [-0.3, -0.25) is 37.5 Å². The summed E-state index contributed by atoms with van der Waals surface area (Å²) in [5, 5.41) is 16.6. The number of rotatable bonds is 0. The zero-order valence-corrected chi connectivity index (χ0v) is 90.8. The summed E-state index contributed by atoms with van der Waals surface area (Å²) in [6.45, 7) is 53.0. The number of hydrogen-bond donors (Lipinski definition) is 2. The second kappa shape index (κ2) is 129. The van der Waals surface area contributed by atoms with Gasteiger partial charge in [0.05, 0.1) is 7.14 Å².